The Morgan fingerprint density at radius 3 is 2.25 bits per heavy atom. The fourth-order valence-corrected chi connectivity index (χ4v) is 4.97. The van der Waals surface area contributed by atoms with Gasteiger partial charge in [0.1, 0.15) is 0 Å². The van der Waals surface area contributed by atoms with E-state index in [1.165, 1.54) is 5.56 Å². The van der Waals surface area contributed by atoms with Gasteiger partial charge >= 0.3 is 0 Å². The van der Waals surface area contributed by atoms with Crippen LogP contribution in [0.25, 0.3) is 0 Å². The van der Waals surface area contributed by atoms with Gasteiger partial charge in [0.15, 0.2) is 5.78 Å². The van der Waals surface area contributed by atoms with E-state index in [1.54, 1.807) is 0 Å². The molecule has 1 amide bonds. The van der Waals surface area contributed by atoms with E-state index in [0.29, 0.717) is 23.6 Å². The lowest BCUT2D eigenvalue weighted by molar-refractivity contribution is 0.0690. The lowest BCUT2D eigenvalue weighted by Crippen LogP contribution is -2.39. The molecule has 4 nitrogen and oxygen atoms in total. The lowest BCUT2D eigenvalue weighted by Gasteiger charge is -2.32. The first-order valence-electron chi connectivity index (χ1n) is 11.5. The van der Waals surface area contributed by atoms with Crippen LogP contribution in [-0.2, 0) is 6.42 Å². The highest BCUT2D eigenvalue weighted by atomic mass is 16.2. The topological polar surface area (TPSA) is 49.4 Å². The van der Waals surface area contributed by atoms with Gasteiger partial charge in [0.2, 0.25) is 0 Å². The van der Waals surface area contributed by atoms with Gasteiger partial charge in [-0.05, 0) is 54.5 Å². The van der Waals surface area contributed by atoms with Gasteiger partial charge in [0, 0.05) is 36.4 Å². The molecule has 1 saturated heterocycles. The average Bonchev–Trinajstić information content (AvgIpc) is 3.28. The first-order valence-corrected chi connectivity index (χ1v) is 11.5. The molecule has 0 aliphatic carbocycles. The summed E-state index contributed by atoms with van der Waals surface area (Å²) in [6.45, 7) is 2.15. The molecule has 2 aliphatic rings. The van der Waals surface area contributed by atoms with Crippen LogP contribution in [0.15, 0.2) is 78.9 Å². The molecule has 1 N–H and O–H groups in total. The fourth-order valence-electron chi connectivity index (χ4n) is 4.97. The van der Waals surface area contributed by atoms with Crippen molar-refractivity contribution >= 4 is 17.4 Å². The van der Waals surface area contributed by atoms with Gasteiger partial charge in [0.25, 0.3) is 5.91 Å². The van der Waals surface area contributed by atoms with Gasteiger partial charge in [-0.1, -0.05) is 60.7 Å². The number of likely N-dealkylation sites (tertiary alicyclic amines) is 1. The zero-order valence-corrected chi connectivity index (χ0v) is 18.2. The molecular formula is C28H28N2O2. The maximum atomic E-state index is 13.2. The summed E-state index contributed by atoms with van der Waals surface area (Å²) in [5.74, 6) is 0.544. The number of nitrogens with one attached hydrogen (secondary N) is 1. The maximum absolute atomic E-state index is 13.2. The minimum absolute atomic E-state index is 0.0729. The number of hydrogen-bond acceptors (Lipinski definition) is 3. The summed E-state index contributed by atoms with van der Waals surface area (Å²) in [6.07, 6.45) is 3.14. The maximum Gasteiger partial charge on any atom is 0.253 e. The van der Waals surface area contributed by atoms with Crippen molar-refractivity contribution in [2.24, 2.45) is 5.92 Å². The Morgan fingerprint density at radius 2 is 1.53 bits per heavy atom. The van der Waals surface area contributed by atoms with Crippen molar-refractivity contribution in [2.45, 2.75) is 25.2 Å². The molecule has 0 bridgehead atoms. The minimum atomic E-state index is -0.253. The zero-order valence-electron chi connectivity index (χ0n) is 18.2. The number of ketones is 1. The largest absolute Gasteiger partial charge is 0.384 e. The van der Waals surface area contributed by atoms with Crippen molar-refractivity contribution in [1.29, 1.82) is 0 Å². The Bertz CT molecular complexity index is 1100. The van der Waals surface area contributed by atoms with Crippen LogP contribution in [0.3, 0.4) is 0 Å². The lowest BCUT2D eigenvalue weighted by atomic mass is 9.89. The van der Waals surface area contributed by atoms with E-state index in [0.717, 1.165) is 43.6 Å². The highest BCUT2D eigenvalue weighted by Crippen LogP contribution is 2.35. The first kappa shape index (κ1) is 20.5. The van der Waals surface area contributed by atoms with E-state index in [2.05, 4.69) is 35.6 Å². The number of piperidine rings is 1. The Hall–Kier alpha value is -3.40. The Labute approximate surface area is 189 Å². The number of rotatable bonds is 5. The number of anilines is 1. The highest BCUT2D eigenvalue weighted by Gasteiger charge is 2.31. The molecule has 3 aromatic rings. The summed E-state index contributed by atoms with van der Waals surface area (Å²) < 4.78 is 0. The third-order valence-corrected chi connectivity index (χ3v) is 6.81. The third kappa shape index (κ3) is 4.18. The number of hydrogen-bond donors (Lipinski definition) is 1. The summed E-state index contributed by atoms with van der Waals surface area (Å²) in [4.78, 5) is 28.2. The fraction of sp³-hybridized carbons (Fsp3) is 0.286. The normalized spacial score (nSPS) is 18.1. The molecule has 2 heterocycles. The highest BCUT2D eigenvalue weighted by molar-refractivity contribution is 6.04. The van der Waals surface area contributed by atoms with Crippen molar-refractivity contribution in [2.75, 3.05) is 25.0 Å². The number of Topliss-reactive ketones (excluding diaryl/α,β-unsaturated/α-hetero) is 1. The second-order valence-corrected chi connectivity index (χ2v) is 8.89. The van der Waals surface area contributed by atoms with E-state index >= 15 is 0 Å². The van der Waals surface area contributed by atoms with Crippen molar-refractivity contribution in [3.63, 3.8) is 0 Å². The Morgan fingerprint density at radius 1 is 0.844 bits per heavy atom. The predicted molar refractivity (Wildman–Crippen MR) is 127 cm³/mol. The van der Waals surface area contributed by atoms with E-state index in [4.69, 9.17) is 0 Å². The van der Waals surface area contributed by atoms with Crippen LogP contribution in [0.1, 0.15) is 50.6 Å². The SMILES string of the molecule is O=C(c1ccccc1)C1CNc2ccc(C(=O)N3CCC(Cc4ccccc4)CC3)cc21. The number of nitrogens with zero attached hydrogens (tertiary/aromatic N) is 1. The van der Waals surface area contributed by atoms with E-state index < -0.39 is 0 Å². The summed E-state index contributed by atoms with van der Waals surface area (Å²) >= 11 is 0. The van der Waals surface area contributed by atoms with E-state index in [9.17, 15) is 9.59 Å². The standard InChI is InChI=1S/C28H28N2O2/c31-27(22-9-5-2-6-10-22)25-19-29-26-12-11-23(18-24(25)26)28(32)30-15-13-21(14-16-30)17-20-7-3-1-4-8-20/h1-12,18,21,25,29H,13-17,19H2. The quantitative estimate of drug-likeness (QED) is 0.575. The smallest absolute Gasteiger partial charge is 0.253 e. The van der Waals surface area contributed by atoms with Gasteiger partial charge in [-0.25, -0.2) is 0 Å². The molecule has 162 valence electrons. The van der Waals surface area contributed by atoms with Crippen molar-refractivity contribution in [3.8, 4) is 0 Å². The van der Waals surface area contributed by atoms with Crippen LogP contribution < -0.4 is 5.32 Å². The molecule has 0 saturated carbocycles. The van der Waals surface area contributed by atoms with Crippen LogP contribution in [-0.4, -0.2) is 36.2 Å². The van der Waals surface area contributed by atoms with Gasteiger partial charge in [-0.3, -0.25) is 9.59 Å². The summed E-state index contributed by atoms with van der Waals surface area (Å²) in [5, 5.41) is 3.33. The van der Waals surface area contributed by atoms with E-state index in [-0.39, 0.29) is 17.6 Å². The molecule has 5 rings (SSSR count). The van der Waals surface area contributed by atoms with Crippen molar-refractivity contribution in [3.05, 3.63) is 101 Å². The first-order chi connectivity index (χ1) is 15.7. The Balaban J connectivity index is 1.26. The summed E-state index contributed by atoms with van der Waals surface area (Å²) in [7, 11) is 0. The molecule has 2 aliphatic heterocycles. The van der Waals surface area contributed by atoms with Crippen molar-refractivity contribution in [1.82, 2.24) is 4.90 Å². The molecule has 3 aromatic carbocycles. The molecule has 1 unspecified atom stereocenters. The number of amides is 1. The molecule has 1 atom stereocenters. The molecular weight excluding hydrogens is 396 g/mol. The van der Waals surface area contributed by atoms with Gasteiger partial charge in [0.05, 0.1) is 5.92 Å². The molecule has 32 heavy (non-hydrogen) atoms. The molecule has 0 aromatic heterocycles. The predicted octanol–water partition coefficient (Wildman–Crippen LogP) is 5.17. The number of benzene rings is 3. The zero-order chi connectivity index (χ0) is 21.9. The third-order valence-electron chi connectivity index (χ3n) is 6.81. The van der Waals surface area contributed by atoms with Gasteiger partial charge in [-0.2, -0.15) is 0 Å². The van der Waals surface area contributed by atoms with Gasteiger partial charge < -0.3 is 10.2 Å². The Kier molecular flexibility index (Phi) is 5.76. The summed E-state index contributed by atoms with van der Waals surface area (Å²) in [5.41, 5.74) is 4.66. The average molecular weight is 425 g/mol. The minimum Gasteiger partial charge on any atom is -0.384 e. The van der Waals surface area contributed by atoms with E-state index in [1.807, 2.05) is 53.4 Å². The van der Waals surface area contributed by atoms with Gasteiger partial charge in [-0.15, -0.1) is 0 Å². The number of fused-ring (bicyclic) bond motifs is 1. The van der Waals surface area contributed by atoms with Crippen molar-refractivity contribution < 1.29 is 9.59 Å². The number of carbonyl (C=O) groups excluding carboxylic acids is 2. The molecule has 0 spiro atoms. The molecule has 0 radical (unpaired) electrons. The second-order valence-electron chi connectivity index (χ2n) is 8.89. The molecule has 1 fully saturated rings. The van der Waals surface area contributed by atoms with Crippen LogP contribution in [0.4, 0.5) is 5.69 Å². The van der Waals surface area contributed by atoms with Crippen LogP contribution in [0.5, 0.6) is 0 Å². The van der Waals surface area contributed by atoms with Crippen LogP contribution in [0.2, 0.25) is 0 Å². The second kappa shape index (κ2) is 8.99. The van der Waals surface area contributed by atoms with Crippen LogP contribution in [0, 0.1) is 5.92 Å². The molecule has 4 heteroatoms. The number of carbonyl (C=O) groups is 2. The monoisotopic (exact) mass is 424 g/mol. The van der Waals surface area contributed by atoms with Crippen LogP contribution >= 0.6 is 0 Å². The summed E-state index contributed by atoms with van der Waals surface area (Å²) in [6, 6.07) is 25.8.